The highest BCUT2D eigenvalue weighted by Gasteiger charge is 2.34. The minimum Gasteiger partial charge on any atom is -0.327 e. The van der Waals surface area contributed by atoms with Gasteiger partial charge in [0, 0.05) is 6.54 Å². The molecule has 0 atom stereocenters. The molecule has 2 N–H and O–H groups in total. The van der Waals surface area contributed by atoms with Gasteiger partial charge in [0.1, 0.15) is 0 Å². The van der Waals surface area contributed by atoms with Gasteiger partial charge in [-0.2, -0.15) is 13.2 Å². The third-order valence-corrected chi connectivity index (χ3v) is 1.96. The van der Waals surface area contributed by atoms with E-state index in [0.717, 1.165) is 11.6 Å². The molecule has 0 amide bonds. The Labute approximate surface area is 86.4 Å². The molecule has 0 aromatic heterocycles. The molecule has 15 heavy (non-hydrogen) atoms. The quantitative estimate of drug-likeness (QED) is 0.806. The Hall–Kier alpha value is -1.29. The van der Waals surface area contributed by atoms with Gasteiger partial charge in [0.25, 0.3) is 0 Å². The van der Waals surface area contributed by atoms with E-state index in [4.69, 9.17) is 5.73 Å². The van der Waals surface area contributed by atoms with E-state index in [9.17, 15) is 13.2 Å². The van der Waals surface area contributed by atoms with Crippen LogP contribution in [0.15, 0.2) is 30.3 Å². The third kappa shape index (κ3) is 3.09. The van der Waals surface area contributed by atoms with Crippen LogP contribution in [0.25, 0.3) is 5.57 Å². The molecule has 0 aliphatic carbocycles. The first-order valence-corrected chi connectivity index (χ1v) is 4.49. The molecule has 0 bridgehead atoms. The predicted molar refractivity (Wildman–Crippen MR) is 54.3 cm³/mol. The van der Waals surface area contributed by atoms with Crippen molar-refractivity contribution < 1.29 is 13.2 Å². The predicted octanol–water partition coefficient (Wildman–Crippen LogP) is 2.90. The lowest BCUT2D eigenvalue weighted by Crippen LogP contribution is -2.12. The second-order valence-electron chi connectivity index (χ2n) is 3.22. The van der Waals surface area contributed by atoms with Crippen molar-refractivity contribution in [3.05, 3.63) is 41.5 Å². The second-order valence-corrected chi connectivity index (χ2v) is 3.22. The number of nitrogens with two attached hydrogens (primary N) is 1. The van der Waals surface area contributed by atoms with Gasteiger partial charge in [-0.05, 0) is 12.5 Å². The molecule has 0 unspecified atom stereocenters. The highest BCUT2D eigenvalue weighted by molar-refractivity contribution is 5.70. The Morgan fingerprint density at radius 2 is 2.07 bits per heavy atom. The van der Waals surface area contributed by atoms with E-state index in [1.165, 1.54) is 12.1 Å². The van der Waals surface area contributed by atoms with Crippen molar-refractivity contribution in [1.82, 2.24) is 0 Å². The van der Waals surface area contributed by atoms with Gasteiger partial charge in [0.15, 0.2) is 0 Å². The van der Waals surface area contributed by atoms with Crippen LogP contribution in [0.5, 0.6) is 0 Å². The zero-order valence-electron chi connectivity index (χ0n) is 8.31. The molecule has 0 fully saturated rings. The van der Waals surface area contributed by atoms with Crippen LogP contribution in [0.4, 0.5) is 13.2 Å². The Kier molecular flexibility index (Phi) is 3.52. The van der Waals surface area contributed by atoms with Crippen LogP contribution in [0.3, 0.4) is 0 Å². The lowest BCUT2D eigenvalue weighted by Gasteiger charge is -2.12. The third-order valence-electron chi connectivity index (χ3n) is 1.96. The van der Waals surface area contributed by atoms with Gasteiger partial charge in [0.05, 0.1) is 5.57 Å². The average Bonchev–Trinajstić information content (AvgIpc) is 2.12. The lowest BCUT2D eigenvalue weighted by atomic mass is 10.0. The molecule has 0 aliphatic rings. The Morgan fingerprint density at radius 3 is 2.53 bits per heavy atom. The SMILES string of the molecule is Cc1cccc(/C(=C\CN)C(F)(F)F)c1. The average molecular weight is 215 g/mol. The monoisotopic (exact) mass is 215 g/mol. The number of alkyl halides is 3. The van der Waals surface area contributed by atoms with Crippen molar-refractivity contribution in [3.8, 4) is 0 Å². The molecule has 4 heteroatoms. The highest BCUT2D eigenvalue weighted by Crippen LogP contribution is 2.33. The van der Waals surface area contributed by atoms with Gasteiger partial charge < -0.3 is 5.73 Å². The largest absolute Gasteiger partial charge is 0.416 e. The summed E-state index contributed by atoms with van der Waals surface area (Å²) in [5.41, 5.74) is 5.40. The van der Waals surface area contributed by atoms with Crippen LogP contribution in [0.1, 0.15) is 11.1 Å². The molecule has 82 valence electrons. The van der Waals surface area contributed by atoms with Crippen LogP contribution >= 0.6 is 0 Å². The fourth-order valence-electron chi connectivity index (χ4n) is 1.33. The van der Waals surface area contributed by atoms with Crippen molar-refractivity contribution in [2.45, 2.75) is 13.1 Å². The Bertz CT molecular complexity index is 366. The molecule has 1 nitrogen and oxygen atoms in total. The molecule has 1 rings (SSSR count). The molecular formula is C11H12F3N. The summed E-state index contributed by atoms with van der Waals surface area (Å²) in [6.07, 6.45) is -3.36. The van der Waals surface area contributed by atoms with E-state index in [1.807, 2.05) is 0 Å². The molecule has 1 aromatic carbocycles. The molecule has 0 radical (unpaired) electrons. The fourth-order valence-corrected chi connectivity index (χ4v) is 1.33. The Balaban J connectivity index is 3.17. The smallest absolute Gasteiger partial charge is 0.327 e. The summed E-state index contributed by atoms with van der Waals surface area (Å²) in [6, 6.07) is 6.28. The lowest BCUT2D eigenvalue weighted by molar-refractivity contribution is -0.0690. The van der Waals surface area contributed by atoms with Crippen molar-refractivity contribution in [1.29, 1.82) is 0 Å². The van der Waals surface area contributed by atoms with E-state index in [1.54, 1.807) is 19.1 Å². The first kappa shape index (κ1) is 11.8. The van der Waals surface area contributed by atoms with Crippen LogP contribution in [-0.2, 0) is 0 Å². The van der Waals surface area contributed by atoms with Gasteiger partial charge in [-0.25, -0.2) is 0 Å². The first-order chi connectivity index (χ1) is 6.95. The van der Waals surface area contributed by atoms with Crippen molar-refractivity contribution in [2.24, 2.45) is 5.73 Å². The number of benzene rings is 1. The number of aryl methyl sites for hydroxylation is 1. The number of hydrogen-bond donors (Lipinski definition) is 1. The Morgan fingerprint density at radius 1 is 1.40 bits per heavy atom. The number of allylic oxidation sites excluding steroid dienone is 1. The number of rotatable bonds is 2. The van der Waals surface area contributed by atoms with Gasteiger partial charge in [-0.1, -0.05) is 35.9 Å². The van der Waals surface area contributed by atoms with Crippen LogP contribution in [-0.4, -0.2) is 12.7 Å². The second kappa shape index (κ2) is 4.49. The number of halogens is 3. The van der Waals surface area contributed by atoms with Gasteiger partial charge in [-0.15, -0.1) is 0 Å². The summed E-state index contributed by atoms with van der Waals surface area (Å²) in [6.45, 7) is 1.63. The van der Waals surface area contributed by atoms with Crippen molar-refractivity contribution >= 4 is 5.57 Å². The summed E-state index contributed by atoms with van der Waals surface area (Å²) < 4.78 is 37.8. The maximum atomic E-state index is 12.6. The van der Waals surface area contributed by atoms with Crippen molar-refractivity contribution in [3.63, 3.8) is 0 Å². The highest BCUT2D eigenvalue weighted by atomic mass is 19.4. The van der Waals surface area contributed by atoms with E-state index < -0.39 is 11.7 Å². The normalized spacial score (nSPS) is 13.0. The molecule has 0 saturated carbocycles. The molecule has 0 spiro atoms. The van der Waals surface area contributed by atoms with E-state index >= 15 is 0 Å². The van der Waals surface area contributed by atoms with E-state index in [2.05, 4.69) is 0 Å². The molecule has 0 aliphatic heterocycles. The topological polar surface area (TPSA) is 26.0 Å². The van der Waals surface area contributed by atoms with Gasteiger partial charge in [0.2, 0.25) is 0 Å². The molecular weight excluding hydrogens is 203 g/mol. The zero-order valence-corrected chi connectivity index (χ0v) is 8.31. The summed E-state index contributed by atoms with van der Waals surface area (Å²) in [4.78, 5) is 0. The van der Waals surface area contributed by atoms with Crippen LogP contribution < -0.4 is 5.73 Å². The molecule has 0 saturated heterocycles. The van der Waals surface area contributed by atoms with Gasteiger partial charge in [-0.3, -0.25) is 0 Å². The van der Waals surface area contributed by atoms with E-state index in [0.29, 0.717) is 0 Å². The van der Waals surface area contributed by atoms with Crippen LogP contribution in [0.2, 0.25) is 0 Å². The fraction of sp³-hybridized carbons (Fsp3) is 0.273. The number of hydrogen-bond acceptors (Lipinski definition) is 1. The summed E-state index contributed by atoms with van der Waals surface area (Å²) in [5, 5.41) is 0. The maximum Gasteiger partial charge on any atom is 0.416 e. The van der Waals surface area contributed by atoms with Crippen molar-refractivity contribution in [2.75, 3.05) is 6.54 Å². The van der Waals surface area contributed by atoms with Crippen LogP contribution in [0, 0.1) is 6.92 Å². The van der Waals surface area contributed by atoms with E-state index in [-0.39, 0.29) is 12.1 Å². The minimum atomic E-state index is -4.35. The summed E-state index contributed by atoms with van der Waals surface area (Å²) in [7, 11) is 0. The summed E-state index contributed by atoms with van der Waals surface area (Å²) in [5.74, 6) is 0. The standard InChI is InChI=1S/C11H12F3N/c1-8-3-2-4-9(7-8)10(5-6-15)11(12,13)14/h2-5,7H,6,15H2,1H3/b10-5+. The zero-order chi connectivity index (χ0) is 11.5. The first-order valence-electron chi connectivity index (χ1n) is 4.49. The minimum absolute atomic E-state index is 0.122. The summed E-state index contributed by atoms with van der Waals surface area (Å²) >= 11 is 0. The molecule has 0 heterocycles. The maximum absolute atomic E-state index is 12.6. The van der Waals surface area contributed by atoms with Gasteiger partial charge >= 0.3 is 6.18 Å². The molecule has 1 aromatic rings.